The molecule has 3 heterocycles. The zero-order valence-corrected chi connectivity index (χ0v) is 16.5. The molecular formula is C19H24ClN3O2S. The summed E-state index contributed by atoms with van der Waals surface area (Å²) in [5, 5.41) is 5.45. The van der Waals surface area contributed by atoms with Crippen molar-refractivity contribution < 1.29 is 9.53 Å². The average Bonchev–Trinajstić information content (AvgIpc) is 3.16. The third-order valence-corrected chi connectivity index (χ3v) is 5.71. The van der Waals surface area contributed by atoms with Gasteiger partial charge < -0.3 is 10.1 Å². The lowest BCUT2D eigenvalue weighted by molar-refractivity contribution is 0.0929. The van der Waals surface area contributed by atoms with Crippen molar-refractivity contribution in [2.24, 2.45) is 5.92 Å². The number of thiophene rings is 1. The van der Waals surface area contributed by atoms with Gasteiger partial charge in [0.05, 0.1) is 11.6 Å². The first kappa shape index (κ1) is 19.1. The fourth-order valence-electron chi connectivity index (χ4n) is 3.10. The Bertz CT molecular complexity index is 716. The van der Waals surface area contributed by atoms with Crippen LogP contribution in [0.2, 0.25) is 5.02 Å². The van der Waals surface area contributed by atoms with Crippen LogP contribution in [0.3, 0.4) is 0 Å². The van der Waals surface area contributed by atoms with Gasteiger partial charge in [-0.05, 0) is 56.3 Å². The molecule has 1 amide bonds. The Morgan fingerprint density at radius 3 is 2.88 bits per heavy atom. The molecule has 0 saturated carbocycles. The summed E-state index contributed by atoms with van der Waals surface area (Å²) >= 11 is 7.92. The quantitative estimate of drug-likeness (QED) is 0.776. The zero-order valence-electron chi connectivity index (χ0n) is 14.9. The highest BCUT2D eigenvalue weighted by atomic mass is 35.5. The van der Waals surface area contributed by atoms with Crippen LogP contribution in [-0.2, 0) is 6.54 Å². The van der Waals surface area contributed by atoms with E-state index < -0.39 is 0 Å². The maximum atomic E-state index is 12.4. The van der Waals surface area contributed by atoms with E-state index in [1.165, 1.54) is 4.88 Å². The zero-order chi connectivity index (χ0) is 18.4. The Morgan fingerprint density at radius 1 is 1.38 bits per heavy atom. The van der Waals surface area contributed by atoms with E-state index in [9.17, 15) is 4.79 Å². The number of likely N-dealkylation sites (tertiary alicyclic amines) is 1. The van der Waals surface area contributed by atoms with Crippen molar-refractivity contribution >= 4 is 28.8 Å². The molecule has 5 nitrogen and oxygen atoms in total. The SMILES string of the molecule is CCOc1ccc(Cl)c(C(=O)NCC2CCN(Cc3cccs3)CC2)n1. The molecule has 0 bridgehead atoms. The summed E-state index contributed by atoms with van der Waals surface area (Å²) in [5.41, 5.74) is 0.229. The van der Waals surface area contributed by atoms with E-state index in [-0.39, 0.29) is 11.6 Å². The molecule has 1 N–H and O–H groups in total. The number of carbonyl (C=O) groups is 1. The van der Waals surface area contributed by atoms with Crippen molar-refractivity contribution in [2.45, 2.75) is 26.3 Å². The molecule has 0 unspecified atom stereocenters. The summed E-state index contributed by atoms with van der Waals surface area (Å²) in [6.07, 6.45) is 2.18. The predicted octanol–water partition coefficient (Wildman–Crippen LogP) is 3.84. The highest BCUT2D eigenvalue weighted by Crippen LogP contribution is 2.21. The van der Waals surface area contributed by atoms with E-state index in [4.69, 9.17) is 16.3 Å². The summed E-state index contributed by atoms with van der Waals surface area (Å²) in [6.45, 7) is 6.19. The number of hydrogen-bond donors (Lipinski definition) is 1. The number of nitrogens with zero attached hydrogens (tertiary/aromatic N) is 2. The number of amides is 1. The molecule has 3 rings (SSSR count). The van der Waals surface area contributed by atoms with E-state index >= 15 is 0 Å². The number of carbonyl (C=O) groups excluding carboxylic acids is 1. The van der Waals surface area contributed by atoms with Crippen LogP contribution in [0.25, 0.3) is 0 Å². The number of ether oxygens (including phenoxy) is 1. The lowest BCUT2D eigenvalue weighted by atomic mass is 9.96. The first-order chi connectivity index (χ1) is 12.7. The second-order valence-electron chi connectivity index (χ2n) is 6.42. The Balaban J connectivity index is 1.46. The van der Waals surface area contributed by atoms with Crippen LogP contribution >= 0.6 is 22.9 Å². The van der Waals surface area contributed by atoms with Crippen molar-refractivity contribution in [1.82, 2.24) is 15.2 Å². The van der Waals surface area contributed by atoms with Gasteiger partial charge in [-0.15, -0.1) is 11.3 Å². The molecule has 140 valence electrons. The average molecular weight is 394 g/mol. The molecule has 2 aromatic rings. The molecule has 1 aliphatic rings. The van der Waals surface area contributed by atoms with E-state index in [1.54, 1.807) is 23.5 Å². The highest BCUT2D eigenvalue weighted by molar-refractivity contribution is 7.09. The maximum Gasteiger partial charge on any atom is 0.271 e. The number of pyridine rings is 1. The normalized spacial score (nSPS) is 15.8. The predicted molar refractivity (Wildman–Crippen MR) is 105 cm³/mol. The molecular weight excluding hydrogens is 370 g/mol. The first-order valence-electron chi connectivity index (χ1n) is 8.98. The summed E-state index contributed by atoms with van der Waals surface area (Å²) in [5.74, 6) is 0.675. The van der Waals surface area contributed by atoms with Gasteiger partial charge in [-0.2, -0.15) is 0 Å². The molecule has 1 aliphatic heterocycles. The summed E-state index contributed by atoms with van der Waals surface area (Å²) in [4.78, 5) is 20.5. The maximum absolute atomic E-state index is 12.4. The molecule has 1 fully saturated rings. The Hall–Kier alpha value is -1.63. The first-order valence-corrected chi connectivity index (χ1v) is 10.2. The number of hydrogen-bond acceptors (Lipinski definition) is 5. The standard InChI is InChI=1S/C19H24ClN3O2S/c1-2-25-17-6-5-16(20)18(22-17)19(24)21-12-14-7-9-23(10-8-14)13-15-4-3-11-26-15/h3-6,11,14H,2,7-10,12-13H2,1H3,(H,21,24). The van der Waals surface area contributed by atoms with Crippen molar-refractivity contribution in [3.8, 4) is 5.88 Å². The summed E-state index contributed by atoms with van der Waals surface area (Å²) in [6, 6.07) is 7.61. The molecule has 0 aromatic carbocycles. The van der Waals surface area contributed by atoms with Crippen molar-refractivity contribution in [2.75, 3.05) is 26.2 Å². The molecule has 26 heavy (non-hydrogen) atoms. The van der Waals surface area contributed by atoms with Gasteiger partial charge in [0.2, 0.25) is 5.88 Å². The minimum atomic E-state index is -0.238. The van der Waals surface area contributed by atoms with Gasteiger partial charge >= 0.3 is 0 Å². The molecule has 0 aliphatic carbocycles. The Morgan fingerprint density at radius 2 is 2.19 bits per heavy atom. The molecule has 7 heteroatoms. The largest absolute Gasteiger partial charge is 0.478 e. The van der Waals surface area contributed by atoms with Crippen LogP contribution in [-0.4, -0.2) is 42.0 Å². The summed E-state index contributed by atoms with van der Waals surface area (Å²) in [7, 11) is 0. The number of aromatic nitrogens is 1. The van der Waals surface area contributed by atoms with Crippen LogP contribution in [0.4, 0.5) is 0 Å². The van der Waals surface area contributed by atoms with Crippen LogP contribution < -0.4 is 10.1 Å². The number of halogens is 1. The molecule has 0 radical (unpaired) electrons. The van der Waals surface area contributed by atoms with Gasteiger partial charge in [-0.1, -0.05) is 17.7 Å². The van der Waals surface area contributed by atoms with Crippen molar-refractivity contribution in [1.29, 1.82) is 0 Å². The molecule has 1 saturated heterocycles. The number of nitrogens with one attached hydrogen (secondary N) is 1. The number of rotatable bonds is 7. The van der Waals surface area contributed by atoms with E-state index in [2.05, 4.69) is 32.7 Å². The lowest BCUT2D eigenvalue weighted by Gasteiger charge is -2.31. The molecule has 0 atom stereocenters. The third kappa shape index (κ3) is 5.19. The van der Waals surface area contributed by atoms with Crippen molar-refractivity contribution in [3.05, 3.63) is 45.2 Å². The molecule has 0 spiro atoms. The van der Waals surface area contributed by atoms with Gasteiger partial charge in [-0.25, -0.2) is 4.98 Å². The van der Waals surface area contributed by atoms with Gasteiger partial charge in [0.1, 0.15) is 0 Å². The van der Waals surface area contributed by atoms with Gasteiger partial charge in [0.25, 0.3) is 5.91 Å². The van der Waals surface area contributed by atoms with Gasteiger partial charge in [0.15, 0.2) is 5.69 Å². The monoisotopic (exact) mass is 393 g/mol. The van der Waals surface area contributed by atoms with Gasteiger partial charge in [-0.3, -0.25) is 9.69 Å². The van der Waals surface area contributed by atoms with E-state index in [0.717, 1.165) is 32.5 Å². The Kier molecular flexibility index (Phi) is 6.88. The van der Waals surface area contributed by atoms with E-state index in [0.29, 0.717) is 30.0 Å². The molecule has 2 aromatic heterocycles. The highest BCUT2D eigenvalue weighted by Gasteiger charge is 2.21. The van der Waals surface area contributed by atoms with Crippen LogP contribution in [0.15, 0.2) is 29.6 Å². The van der Waals surface area contributed by atoms with Crippen LogP contribution in [0.5, 0.6) is 5.88 Å². The minimum Gasteiger partial charge on any atom is -0.478 e. The van der Waals surface area contributed by atoms with E-state index in [1.807, 2.05) is 6.92 Å². The van der Waals surface area contributed by atoms with Crippen LogP contribution in [0.1, 0.15) is 35.1 Å². The van der Waals surface area contributed by atoms with Crippen LogP contribution in [0, 0.1) is 5.92 Å². The second kappa shape index (κ2) is 9.35. The van der Waals surface area contributed by atoms with Crippen molar-refractivity contribution in [3.63, 3.8) is 0 Å². The van der Waals surface area contributed by atoms with Gasteiger partial charge in [0, 0.05) is 24.0 Å². The minimum absolute atomic E-state index is 0.229. The second-order valence-corrected chi connectivity index (χ2v) is 7.86. The fraction of sp³-hybridized carbons (Fsp3) is 0.474. The smallest absolute Gasteiger partial charge is 0.271 e. The Labute approximate surface area is 163 Å². The topological polar surface area (TPSA) is 54.5 Å². The third-order valence-electron chi connectivity index (χ3n) is 4.55. The number of piperidine rings is 1. The lowest BCUT2D eigenvalue weighted by Crippen LogP contribution is -2.38. The summed E-state index contributed by atoms with van der Waals surface area (Å²) < 4.78 is 5.35. The fourth-order valence-corrected chi connectivity index (χ4v) is 4.04.